The number of nitrogens with zero attached hydrogens (tertiary/aromatic N) is 1. The summed E-state index contributed by atoms with van der Waals surface area (Å²) in [4.78, 5) is 16.9. The molecule has 2 fully saturated rings. The van der Waals surface area contributed by atoms with E-state index >= 15 is 0 Å². The molecule has 2 bridgehead atoms. The molecule has 2 unspecified atom stereocenters. The molecule has 0 amide bonds. The van der Waals surface area contributed by atoms with Crippen molar-refractivity contribution < 1.29 is 14.3 Å². The predicted octanol–water partition coefficient (Wildman–Crippen LogP) is 3.48. The second-order valence-corrected chi connectivity index (χ2v) is 9.30. The summed E-state index contributed by atoms with van der Waals surface area (Å²) in [6.07, 6.45) is 3.39. The Hall–Kier alpha value is -0.500. The lowest BCUT2D eigenvalue weighted by atomic mass is 9.66. The van der Waals surface area contributed by atoms with E-state index in [1.165, 1.54) is 6.42 Å². The fourth-order valence-electron chi connectivity index (χ4n) is 3.94. The van der Waals surface area contributed by atoms with E-state index in [1.807, 2.05) is 26.2 Å². The largest absolute Gasteiger partial charge is 0.458 e. The van der Waals surface area contributed by atoms with Gasteiger partial charge in [0.1, 0.15) is 27.4 Å². The van der Waals surface area contributed by atoms with Gasteiger partial charge in [0.2, 0.25) is 0 Å². The molecule has 0 aromatic carbocycles. The number of halogens is 1. The number of piperidine rings is 1. The van der Waals surface area contributed by atoms with Gasteiger partial charge in [-0.1, -0.05) is 6.42 Å². The van der Waals surface area contributed by atoms with Gasteiger partial charge in [-0.3, -0.25) is 0 Å². The summed E-state index contributed by atoms with van der Waals surface area (Å²) in [5.41, 5.74) is -0.973. The van der Waals surface area contributed by atoms with Crippen LogP contribution in [0.3, 0.4) is 0 Å². The minimum absolute atomic E-state index is 0.0263. The lowest BCUT2D eigenvalue weighted by Crippen LogP contribution is -2.58. The Balaban J connectivity index is 1.85. The van der Waals surface area contributed by atoms with Crippen molar-refractivity contribution in [2.75, 3.05) is 19.7 Å². The van der Waals surface area contributed by atoms with E-state index in [9.17, 15) is 4.79 Å². The highest BCUT2D eigenvalue weighted by molar-refractivity contribution is 9.10. The highest BCUT2D eigenvalue weighted by Gasteiger charge is 2.54. The molecule has 2 atom stereocenters. The second kappa shape index (κ2) is 7.02. The quantitative estimate of drug-likeness (QED) is 0.761. The van der Waals surface area contributed by atoms with Gasteiger partial charge >= 0.3 is 5.97 Å². The third kappa shape index (κ3) is 3.69. The van der Waals surface area contributed by atoms with Crippen molar-refractivity contribution in [2.45, 2.75) is 51.2 Å². The molecule has 1 saturated carbocycles. The highest BCUT2D eigenvalue weighted by atomic mass is 79.9. The van der Waals surface area contributed by atoms with Crippen LogP contribution in [0.15, 0.2) is 9.98 Å². The summed E-state index contributed by atoms with van der Waals surface area (Å²) in [5.74, 6) is 0.366. The molecule has 24 heavy (non-hydrogen) atoms. The maximum atomic E-state index is 12.2. The lowest BCUT2D eigenvalue weighted by Gasteiger charge is -2.51. The van der Waals surface area contributed by atoms with Crippen LogP contribution in [0.4, 0.5) is 0 Å². The van der Waals surface area contributed by atoms with Gasteiger partial charge < -0.3 is 14.8 Å². The van der Waals surface area contributed by atoms with E-state index < -0.39 is 11.2 Å². The minimum atomic E-state index is -0.498. The molecule has 3 rings (SSSR count). The fraction of sp³-hybridized carbons (Fsp3) is 0.765. The zero-order chi connectivity index (χ0) is 17.4. The van der Waals surface area contributed by atoms with Crippen LogP contribution in [0, 0.1) is 11.8 Å². The summed E-state index contributed by atoms with van der Waals surface area (Å²) in [5, 5.41) is 6.49. The van der Waals surface area contributed by atoms with Crippen molar-refractivity contribution in [1.82, 2.24) is 10.3 Å². The molecular weight excluding hydrogens is 392 g/mol. The maximum absolute atomic E-state index is 12.2. The first-order valence-electron chi connectivity index (χ1n) is 8.49. The smallest absolute Gasteiger partial charge is 0.332 e. The number of carbonyl (C=O) groups excluding carboxylic acids is 1. The Morgan fingerprint density at radius 1 is 1.42 bits per heavy atom. The molecule has 134 valence electrons. The Labute approximate surface area is 155 Å². The number of carbonyl (C=O) groups is 1. The monoisotopic (exact) mass is 416 g/mol. The van der Waals surface area contributed by atoms with E-state index in [0.717, 1.165) is 35.5 Å². The molecule has 1 N–H and O–H groups in total. The molecule has 7 heteroatoms. The summed E-state index contributed by atoms with van der Waals surface area (Å²) in [7, 11) is 0. The molecule has 1 aliphatic carbocycles. The first kappa shape index (κ1) is 18.3. The van der Waals surface area contributed by atoms with Crippen LogP contribution in [-0.4, -0.2) is 36.3 Å². The van der Waals surface area contributed by atoms with Crippen molar-refractivity contribution in [1.29, 1.82) is 0 Å². The van der Waals surface area contributed by atoms with E-state index in [0.29, 0.717) is 11.8 Å². The number of fused-ring (bicyclic) bond motifs is 2. The number of esters is 1. The normalized spacial score (nSPS) is 30.2. The van der Waals surface area contributed by atoms with E-state index in [-0.39, 0.29) is 12.6 Å². The topological polar surface area (TPSA) is 60.5 Å². The van der Waals surface area contributed by atoms with Crippen LogP contribution in [0.25, 0.3) is 0 Å². The van der Waals surface area contributed by atoms with Crippen molar-refractivity contribution in [3.8, 4) is 0 Å². The predicted molar refractivity (Wildman–Crippen MR) is 97.0 cm³/mol. The Bertz CT molecular complexity index is 577. The van der Waals surface area contributed by atoms with Crippen LogP contribution in [-0.2, 0) is 19.9 Å². The molecule has 1 aromatic heterocycles. The Morgan fingerprint density at radius 2 is 2.08 bits per heavy atom. The van der Waals surface area contributed by atoms with Gasteiger partial charge in [-0.05, 0) is 49.5 Å². The molecule has 1 aromatic rings. The summed E-state index contributed by atoms with van der Waals surface area (Å²) in [6, 6.07) is 0. The molecule has 5 nitrogen and oxygen atoms in total. The third-order valence-electron chi connectivity index (χ3n) is 4.76. The standard InChI is InChI=1S/C17H25BrN2O3S/c1-16(2,3)23-14(21)9-22-17(15-20-13(18)10-24-15)11-5-4-6-12(17)8-19-7-11/h10-12,19H,4-9H2,1-3H3. The van der Waals surface area contributed by atoms with Crippen molar-refractivity contribution in [3.05, 3.63) is 15.0 Å². The number of hydrogen-bond donors (Lipinski definition) is 1. The highest BCUT2D eigenvalue weighted by Crippen LogP contribution is 2.51. The van der Waals surface area contributed by atoms with Crippen LogP contribution in [0.2, 0.25) is 0 Å². The van der Waals surface area contributed by atoms with Gasteiger partial charge in [-0.2, -0.15) is 0 Å². The van der Waals surface area contributed by atoms with E-state index in [1.54, 1.807) is 11.3 Å². The number of rotatable bonds is 4. The molecule has 0 radical (unpaired) electrons. The molecule has 2 aliphatic rings. The Kier molecular flexibility index (Phi) is 5.35. The first-order valence-corrected chi connectivity index (χ1v) is 10.2. The number of hydrogen-bond acceptors (Lipinski definition) is 6. The minimum Gasteiger partial charge on any atom is -0.458 e. The summed E-state index contributed by atoms with van der Waals surface area (Å²) < 4.78 is 12.6. The zero-order valence-corrected chi connectivity index (χ0v) is 16.8. The molecule has 1 saturated heterocycles. The average molecular weight is 417 g/mol. The maximum Gasteiger partial charge on any atom is 0.332 e. The van der Waals surface area contributed by atoms with Crippen LogP contribution in [0.1, 0.15) is 45.0 Å². The number of ether oxygens (including phenoxy) is 2. The summed E-state index contributed by atoms with van der Waals surface area (Å²) >= 11 is 5.07. The molecular formula is C17H25BrN2O3S. The van der Waals surface area contributed by atoms with Gasteiger partial charge in [-0.25, -0.2) is 9.78 Å². The number of nitrogens with one attached hydrogen (secondary N) is 1. The van der Waals surface area contributed by atoms with E-state index in [4.69, 9.17) is 9.47 Å². The molecule has 0 spiro atoms. The van der Waals surface area contributed by atoms with E-state index in [2.05, 4.69) is 26.2 Å². The number of thiazole rings is 1. The van der Waals surface area contributed by atoms with Crippen LogP contribution >= 0.6 is 27.3 Å². The van der Waals surface area contributed by atoms with Crippen LogP contribution in [0.5, 0.6) is 0 Å². The lowest BCUT2D eigenvalue weighted by molar-refractivity contribution is -0.191. The van der Waals surface area contributed by atoms with Crippen LogP contribution < -0.4 is 5.32 Å². The zero-order valence-electron chi connectivity index (χ0n) is 14.4. The van der Waals surface area contributed by atoms with Gasteiger partial charge in [-0.15, -0.1) is 11.3 Å². The third-order valence-corrected chi connectivity index (χ3v) is 6.44. The average Bonchev–Trinajstić information content (AvgIpc) is 2.89. The SMILES string of the molecule is CC(C)(C)OC(=O)COC1(c2nc(Br)cs2)C2CCCC1CNC2. The van der Waals surface area contributed by atoms with Gasteiger partial charge in [0.25, 0.3) is 0 Å². The van der Waals surface area contributed by atoms with Gasteiger partial charge in [0.05, 0.1) is 0 Å². The summed E-state index contributed by atoms with van der Waals surface area (Å²) in [6.45, 7) is 7.40. The number of aromatic nitrogens is 1. The van der Waals surface area contributed by atoms with Crippen molar-refractivity contribution >= 4 is 33.2 Å². The fourth-order valence-corrected chi connectivity index (χ4v) is 5.51. The first-order chi connectivity index (χ1) is 11.3. The van der Waals surface area contributed by atoms with Gasteiger partial charge in [0.15, 0.2) is 0 Å². The van der Waals surface area contributed by atoms with Crippen molar-refractivity contribution in [3.63, 3.8) is 0 Å². The second-order valence-electron chi connectivity index (χ2n) is 7.63. The Morgan fingerprint density at radius 3 is 2.62 bits per heavy atom. The van der Waals surface area contributed by atoms with Gasteiger partial charge in [0, 0.05) is 30.3 Å². The van der Waals surface area contributed by atoms with Crippen molar-refractivity contribution in [2.24, 2.45) is 11.8 Å². The molecule has 1 aliphatic heterocycles. The molecule has 2 heterocycles.